The van der Waals surface area contributed by atoms with Gasteiger partial charge in [0.15, 0.2) is 6.61 Å². The first kappa shape index (κ1) is 18.3. The van der Waals surface area contributed by atoms with Crippen LogP contribution in [0.15, 0.2) is 36.4 Å². The Labute approximate surface area is 144 Å². The fourth-order valence-corrected chi connectivity index (χ4v) is 2.08. The smallest absolute Gasteiger partial charge is 0.342 e. The predicted octanol–water partition coefficient (Wildman–Crippen LogP) is 2.95. The number of rotatable bonds is 6. The Kier molecular flexibility index (Phi) is 5.94. The molecule has 6 nitrogen and oxygen atoms in total. The number of aryl methyl sites for hydroxylation is 1. The summed E-state index contributed by atoms with van der Waals surface area (Å²) in [5.41, 5.74) is 0.903. The van der Waals surface area contributed by atoms with Crippen molar-refractivity contribution in [3.05, 3.63) is 53.3 Å². The number of nitrogens with one attached hydrogen (secondary N) is 1. The van der Waals surface area contributed by atoms with Gasteiger partial charge in [-0.15, -0.1) is 0 Å². The molecule has 0 heterocycles. The number of carbonyl (C=O) groups is 2. The molecule has 0 radical (unpaired) electrons. The summed E-state index contributed by atoms with van der Waals surface area (Å²) in [7, 11) is 2.89. The van der Waals surface area contributed by atoms with Gasteiger partial charge >= 0.3 is 5.97 Å². The largest absolute Gasteiger partial charge is 0.497 e. The summed E-state index contributed by atoms with van der Waals surface area (Å²) in [4.78, 5) is 23.9. The zero-order valence-electron chi connectivity index (χ0n) is 14.1. The molecule has 2 aromatic carbocycles. The number of carbonyl (C=O) groups excluding carboxylic acids is 2. The minimum Gasteiger partial charge on any atom is -0.497 e. The molecule has 1 N–H and O–H groups in total. The Morgan fingerprint density at radius 1 is 1.08 bits per heavy atom. The molecule has 25 heavy (non-hydrogen) atoms. The lowest BCUT2D eigenvalue weighted by Crippen LogP contribution is -2.21. The molecule has 2 rings (SSSR count). The van der Waals surface area contributed by atoms with E-state index in [0.29, 0.717) is 5.75 Å². The van der Waals surface area contributed by atoms with E-state index in [-0.39, 0.29) is 17.0 Å². The fraction of sp³-hybridized carbons (Fsp3) is 0.222. The molecular formula is C18H18FNO5. The second-order valence-corrected chi connectivity index (χ2v) is 5.17. The molecule has 0 saturated heterocycles. The van der Waals surface area contributed by atoms with Gasteiger partial charge in [0.25, 0.3) is 5.91 Å². The van der Waals surface area contributed by atoms with Crippen LogP contribution in [0.25, 0.3) is 0 Å². The van der Waals surface area contributed by atoms with E-state index in [4.69, 9.17) is 14.2 Å². The van der Waals surface area contributed by atoms with E-state index in [1.807, 2.05) is 0 Å². The van der Waals surface area contributed by atoms with Crippen LogP contribution in [0.5, 0.6) is 11.5 Å². The molecule has 0 atom stereocenters. The van der Waals surface area contributed by atoms with Crippen molar-refractivity contribution in [3.8, 4) is 11.5 Å². The van der Waals surface area contributed by atoms with Crippen molar-refractivity contribution in [1.82, 2.24) is 0 Å². The number of methoxy groups -OCH3 is 2. The van der Waals surface area contributed by atoms with Crippen molar-refractivity contribution < 1.29 is 28.2 Å². The van der Waals surface area contributed by atoms with E-state index in [2.05, 4.69) is 5.32 Å². The van der Waals surface area contributed by atoms with Gasteiger partial charge in [-0.25, -0.2) is 9.18 Å². The van der Waals surface area contributed by atoms with Gasteiger partial charge in [-0.3, -0.25) is 4.79 Å². The van der Waals surface area contributed by atoms with Gasteiger partial charge in [0, 0.05) is 6.07 Å². The topological polar surface area (TPSA) is 73.9 Å². The van der Waals surface area contributed by atoms with Crippen LogP contribution in [0.1, 0.15) is 15.9 Å². The van der Waals surface area contributed by atoms with Gasteiger partial charge in [-0.1, -0.05) is 6.07 Å². The summed E-state index contributed by atoms with van der Waals surface area (Å²) in [5, 5.41) is 2.35. The number of hydrogen-bond acceptors (Lipinski definition) is 5. The Hall–Kier alpha value is -3.09. The van der Waals surface area contributed by atoms with Gasteiger partial charge in [-0.2, -0.15) is 0 Å². The van der Waals surface area contributed by atoms with Crippen LogP contribution in [-0.2, 0) is 9.53 Å². The molecule has 1 amide bonds. The van der Waals surface area contributed by atoms with Gasteiger partial charge in [-0.05, 0) is 36.8 Å². The Balaban J connectivity index is 1.98. The molecule has 132 valence electrons. The van der Waals surface area contributed by atoms with Crippen molar-refractivity contribution in [1.29, 1.82) is 0 Å². The average Bonchev–Trinajstić information content (AvgIpc) is 2.61. The number of hydrogen-bond donors (Lipinski definition) is 1. The molecule has 0 aromatic heterocycles. The van der Waals surface area contributed by atoms with E-state index in [1.54, 1.807) is 19.1 Å². The predicted molar refractivity (Wildman–Crippen MR) is 89.6 cm³/mol. The third kappa shape index (κ3) is 4.69. The first-order chi connectivity index (χ1) is 11.9. The second kappa shape index (κ2) is 8.14. The standard InChI is InChI=1S/C18H18FNO5/c1-11-4-7-15(14(19)8-11)20-17(21)10-25-18(22)13-6-5-12(23-2)9-16(13)24-3/h4-9H,10H2,1-3H3,(H,20,21). The zero-order chi connectivity index (χ0) is 18.4. The van der Waals surface area contributed by atoms with Crippen molar-refractivity contribution in [2.24, 2.45) is 0 Å². The number of benzene rings is 2. The number of amides is 1. The number of halogens is 1. The highest BCUT2D eigenvalue weighted by atomic mass is 19.1. The SMILES string of the molecule is COc1ccc(C(=O)OCC(=O)Nc2ccc(C)cc2F)c(OC)c1. The summed E-state index contributed by atoms with van der Waals surface area (Å²) in [6.07, 6.45) is 0. The van der Waals surface area contributed by atoms with E-state index < -0.39 is 24.3 Å². The summed E-state index contributed by atoms with van der Waals surface area (Å²) in [6.45, 7) is 1.18. The minimum absolute atomic E-state index is 0.0219. The highest BCUT2D eigenvalue weighted by molar-refractivity contribution is 5.97. The van der Waals surface area contributed by atoms with Gasteiger partial charge in [0.2, 0.25) is 0 Å². The van der Waals surface area contributed by atoms with E-state index in [9.17, 15) is 14.0 Å². The van der Waals surface area contributed by atoms with Crippen LogP contribution in [0.2, 0.25) is 0 Å². The lowest BCUT2D eigenvalue weighted by Gasteiger charge is -2.11. The van der Waals surface area contributed by atoms with Crippen LogP contribution in [0.4, 0.5) is 10.1 Å². The fourth-order valence-electron chi connectivity index (χ4n) is 2.08. The van der Waals surface area contributed by atoms with Crippen LogP contribution in [0.3, 0.4) is 0 Å². The number of ether oxygens (including phenoxy) is 3. The second-order valence-electron chi connectivity index (χ2n) is 5.17. The molecule has 0 bridgehead atoms. The van der Waals surface area contributed by atoms with Crippen molar-refractivity contribution in [3.63, 3.8) is 0 Å². The average molecular weight is 347 g/mol. The molecule has 2 aromatic rings. The van der Waals surface area contributed by atoms with Gasteiger partial charge in [0.1, 0.15) is 22.9 Å². The van der Waals surface area contributed by atoms with Gasteiger partial charge < -0.3 is 19.5 Å². The molecule has 0 unspecified atom stereocenters. The lowest BCUT2D eigenvalue weighted by molar-refractivity contribution is -0.119. The maximum absolute atomic E-state index is 13.7. The molecule has 0 fully saturated rings. The Morgan fingerprint density at radius 2 is 1.84 bits per heavy atom. The Bertz CT molecular complexity index is 791. The van der Waals surface area contributed by atoms with E-state index >= 15 is 0 Å². The summed E-state index contributed by atoms with van der Waals surface area (Å²) in [6, 6.07) is 8.96. The monoisotopic (exact) mass is 347 g/mol. The number of esters is 1. The first-order valence-electron chi connectivity index (χ1n) is 7.39. The molecule has 0 saturated carbocycles. The molecule has 0 aliphatic carbocycles. The van der Waals surface area contributed by atoms with Crippen LogP contribution >= 0.6 is 0 Å². The van der Waals surface area contributed by atoms with Crippen LogP contribution < -0.4 is 14.8 Å². The van der Waals surface area contributed by atoms with Crippen molar-refractivity contribution in [2.45, 2.75) is 6.92 Å². The molecule has 0 spiro atoms. The third-order valence-electron chi connectivity index (χ3n) is 3.36. The number of anilines is 1. The highest BCUT2D eigenvalue weighted by Crippen LogP contribution is 2.25. The molecule has 0 aliphatic rings. The summed E-state index contributed by atoms with van der Waals surface area (Å²) >= 11 is 0. The maximum Gasteiger partial charge on any atom is 0.342 e. The first-order valence-corrected chi connectivity index (χ1v) is 7.39. The zero-order valence-corrected chi connectivity index (χ0v) is 14.1. The molecule has 0 aliphatic heterocycles. The molecular weight excluding hydrogens is 329 g/mol. The normalized spacial score (nSPS) is 10.1. The summed E-state index contributed by atoms with van der Waals surface area (Å²) < 4.78 is 28.8. The summed E-state index contributed by atoms with van der Waals surface area (Å²) in [5.74, 6) is -1.17. The lowest BCUT2D eigenvalue weighted by atomic mass is 10.2. The van der Waals surface area contributed by atoms with Crippen molar-refractivity contribution in [2.75, 3.05) is 26.1 Å². The maximum atomic E-state index is 13.7. The quantitative estimate of drug-likeness (QED) is 0.813. The van der Waals surface area contributed by atoms with E-state index in [1.165, 1.54) is 38.5 Å². The molecule has 7 heteroatoms. The van der Waals surface area contributed by atoms with Crippen molar-refractivity contribution >= 4 is 17.6 Å². The highest BCUT2D eigenvalue weighted by Gasteiger charge is 2.16. The third-order valence-corrected chi connectivity index (χ3v) is 3.36. The Morgan fingerprint density at radius 3 is 2.48 bits per heavy atom. The van der Waals surface area contributed by atoms with E-state index in [0.717, 1.165) is 5.56 Å². The minimum atomic E-state index is -0.737. The van der Waals surface area contributed by atoms with Crippen LogP contribution in [-0.4, -0.2) is 32.7 Å². The van der Waals surface area contributed by atoms with Crippen LogP contribution in [0, 0.1) is 12.7 Å². The van der Waals surface area contributed by atoms with Gasteiger partial charge in [0.05, 0.1) is 19.9 Å².